The molecule has 3 N–H and O–H groups in total. The highest BCUT2D eigenvalue weighted by Crippen LogP contribution is 2.35. The van der Waals surface area contributed by atoms with Crippen molar-refractivity contribution < 1.29 is 23.4 Å². The quantitative estimate of drug-likeness (QED) is 0.331. The molecule has 0 spiro atoms. The van der Waals surface area contributed by atoms with Crippen LogP contribution in [0.1, 0.15) is 31.5 Å². The molecular formula is C22H24FN5O4. The second-order valence-corrected chi connectivity index (χ2v) is 7.55. The number of carbonyl (C=O) groups excluding carboxylic acids is 1. The first-order valence-electron chi connectivity index (χ1n) is 10.2. The monoisotopic (exact) mass is 441 g/mol. The van der Waals surface area contributed by atoms with Gasteiger partial charge in [-0.25, -0.2) is 8.91 Å². The molecule has 10 heteroatoms. The van der Waals surface area contributed by atoms with Crippen LogP contribution in [0.15, 0.2) is 30.7 Å². The Balaban J connectivity index is 1.66. The maximum absolute atomic E-state index is 15.0. The van der Waals surface area contributed by atoms with E-state index in [1.807, 2.05) is 13.8 Å². The minimum Gasteiger partial charge on any atom is -0.453 e. The summed E-state index contributed by atoms with van der Waals surface area (Å²) in [4.78, 5) is 19.1. The van der Waals surface area contributed by atoms with Gasteiger partial charge in [-0.3, -0.25) is 4.79 Å². The Kier molecular flexibility index (Phi) is 5.70. The number of aryl methyl sites for hydroxylation is 2. The maximum Gasteiger partial charge on any atom is 0.325 e. The fraction of sp³-hybridized carbons (Fsp3) is 0.318. The summed E-state index contributed by atoms with van der Waals surface area (Å²) >= 11 is 0. The van der Waals surface area contributed by atoms with E-state index in [2.05, 4.69) is 15.1 Å². The normalized spacial score (nSPS) is 13.3. The van der Waals surface area contributed by atoms with Gasteiger partial charge in [0.2, 0.25) is 12.2 Å². The Bertz CT molecular complexity index is 1300. The van der Waals surface area contributed by atoms with Gasteiger partial charge in [0.1, 0.15) is 23.6 Å². The number of rotatable bonds is 7. The topological polar surface area (TPSA) is 117 Å². The zero-order chi connectivity index (χ0) is 23.0. The lowest BCUT2D eigenvalue weighted by molar-refractivity contribution is -0.165. The molecule has 0 bridgehead atoms. The van der Waals surface area contributed by atoms with Gasteiger partial charge in [0.15, 0.2) is 11.6 Å². The highest BCUT2D eigenvalue weighted by molar-refractivity contribution is 5.83. The smallest absolute Gasteiger partial charge is 0.325 e. The number of hydrogen-bond acceptors (Lipinski definition) is 7. The summed E-state index contributed by atoms with van der Waals surface area (Å²) < 4.78 is 33.5. The fourth-order valence-corrected chi connectivity index (χ4v) is 3.34. The number of H-pyrrole nitrogens is 1. The standard InChI is InChI=1S/C22H24FN5O4/c1-5-18(32-22(29)13(4)24)30-17-9-28-20(12(17)3)21(25-10-26-28)31-16-7-6-15-14(19(16)23)8-11(2)27-15/h6-10,13,18,27H,5,24H2,1-4H3. The van der Waals surface area contributed by atoms with Crippen LogP contribution in [-0.2, 0) is 9.53 Å². The lowest BCUT2D eigenvalue weighted by Crippen LogP contribution is -2.34. The third-order valence-electron chi connectivity index (χ3n) is 5.00. The van der Waals surface area contributed by atoms with E-state index in [-0.39, 0.29) is 11.6 Å². The molecule has 0 amide bonds. The van der Waals surface area contributed by atoms with Gasteiger partial charge in [-0.15, -0.1) is 0 Å². The van der Waals surface area contributed by atoms with E-state index in [1.165, 1.54) is 17.8 Å². The van der Waals surface area contributed by atoms with E-state index in [4.69, 9.17) is 19.9 Å². The minimum atomic E-state index is -0.821. The molecule has 0 aliphatic heterocycles. The predicted octanol–water partition coefficient (Wildman–Crippen LogP) is 3.76. The van der Waals surface area contributed by atoms with Crippen LogP contribution < -0.4 is 15.2 Å². The molecule has 4 rings (SSSR count). The number of nitrogens with zero attached hydrogens (tertiary/aromatic N) is 3. The molecule has 0 radical (unpaired) electrons. The summed E-state index contributed by atoms with van der Waals surface area (Å²) in [5.74, 6) is -0.418. The first-order chi connectivity index (χ1) is 15.3. The largest absolute Gasteiger partial charge is 0.453 e. The molecule has 9 nitrogen and oxygen atoms in total. The molecule has 0 aliphatic carbocycles. The van der Waals surface area contributed by atoms with Crippen LogP contribution in [0, 0.1) is 19.7 Å². The molecule has 2 unspecified atom stereocenters. The van der Waals surface area contributed by atoms with Gasteiger partial charge in [0.05, 0.1) is 6.20 Å². The fourth-order valence-electron chi connectivity index (χ4n) is 3.34. The van der Waals surface area contributed by atoms with Gasteiger partial charge in [0.25, 0.3) is 0 Å². The zero-order valence-corrected chi connectivity index (χ0v) is 18.2. The Labute approximate surface area is 183 Å². The van der Waals surface area contributed by atoms with Gasteiger partial charge in [0, 0.05) is 28.6 Å². The van der Waals surface area contributed by atoms with E-state index in [0.717, 1.165) is 5.69 Å². The highest BCUT2D eigenvalue weighted by atomic mass is 19.1. The molecule has 0 aliphatic rings. The number of aromatic nitrogens is 4. The van der Waals surface area contributed by atoms with Crippen LogP contribution in [0.4, 0.5) is 4.39 Å². The van der Waals surface area contributed by atoms with E-state index >= 15 is 0 Å². The van der Waals surface area contributed by atoms with Gasteiger partial charge in [-0.1, -0.05) is 6.92 Å². The number of aromatic amines is 1. The van der Waals surface area contributed by atoms with Gasteiger partial charge >= 0.3 is 5.97 Å². The number of nitrogens with two attached hydrogens (primary N) is 1. The van der Waals surface area contributed by atoms with Crippen LogP contribution in [0.25, 0.3) is 16.4 Å². The predicted molar refractivity (Wildman–Crippen MR) is 115 cm³/mol. The summed E-state index contributed by atoms with van der Waals surface area (Å²) in [5, 5.41) is 4.62. The molecule has 1 aromatic carbocycles. The first kappa shape index (κ1) is 21.6. The third-order valence-corrected chi connectivity index (χ3v) is 5.00. The Morgan fingerprint density at radius 3 is 2.81 bits per heavy atom. The van der Waals surface area contributed by atoms with Crippen molar-refractivity contribution in [1.29, 1.82) is 0 Å². The molecule has 4 aromatic rings. The van der Waals surface area contributed by atoms with Crippen molar-refractivity contribution in [2.75, 3.05) is 0 Å². The Hall–Kier alpha value is -3.66. The summed E-state index contributed by atoms with van der Waals surface area (Å²) in [5.41, 5.74) is 8.24. The van der Waals surface area contributed by atoms with Crippen molar-refractivity contribution in [1.82, 2.24) is 19.6 Å². The van der Waals surface area contributed by atoms with E-state index < -0.39 is 24.1 Å². The summed E-state index contributed by atoms with van der Waals surface area (Å²) in [6.45, 7) is 7.00. The Morgan fingerprint density at radius 2 is 2.09 bits per heavy atom. The maximum atomic E-state index is 15.0. The molecule has 0 saturated heterocycles. The second-order valence-electron chi connectivity index (χ2n) is 7.55. The van der Waals surface area contributed by atoms with Crippen LogP contribution in [0.3, 0.4) is 0 Å². The van der Waals surface area contributed by atoms with Crippen molar-refractivity contribution in [3.05, 3.63) is 47.8 Å². The third kappa shape index (κ3) is 3.96. The van der Waals surface area contributed by atoms with E-state index in [9.17, 15) is 9.18 Å². The van der Waals surface area contributed by atoms with Crippen molar-refractivity contribution in [3.8, 4) is 17.4 Å². The molecule has 32 heavy (non-hydrogen) atoms. The van der Waals surface area contributed by atoms with E-state index in [0.29, 0.717) is 34.2 Å². The summed E-state index contributed by atoms with van der Waals surface area (Å²) in [6, 6.07) is 4.25. The second kappa shape index (κ2) is 8.46. The molecular weight excluding hydrogens is 417 g/mol. The highest BCUT2D eigenvalue weighted by Gasteiger charge is 2.22. The molecule has 3 aromatic heterocycles. The van der Waals surface area contributed by atoms with Crippen LogP contribution >= 0.6 is 0 Å². The van der Waals surface area contributed by atoms with Crippen LogP contribution in [-0.4, -0.2) is 37.9 Å². The lowest BCUT2D eigenvalue weighted by Gasteiger charge is -2.18. The van der Waals surface area contributed by atoms with Crippen molar-refractivity contribution in [2.24, 2.45) is 5.73 Å². The molecule has 2 atom stereocenters. The van der Waals surface area contributed by atoms with Crippen molar-refractivity contribution in [2.45, 2.75) is 46.4 Å². The van der Waals surface area contributed by atoms with Crippen molar-refractivity contribution >= 4 is 22.4 Å². The number of ether oxygens (including phenoxy) is 3. The number of fused-ring (bicyclic) bond motifs is 2. The summed E-state index contributed by atoms with van der Waals surface area (Å²) in [7, 11) is 0. The van der Waals surface area contributed by atoms with Crippen LogP contribution in [0.2, 0.25) is 0 Å². The SMILES string of the molecule is CCC(OC(=O)C(C)N)Oc1cn2ncnc(Oc3ccc4[nH]c(C)cc4c3F)c2c1C. The lowest BCUT2D eigenvalue weighted by atomic mass is 10.2. The van der Waals surface area contributed by atoms with Gasteiger partial charge in [-0.05, 0) is 39.0 Å². The zero-order valence-electron chi connectivity index (χ0n) is 18.2. The number of esters is 1. The number of halogens is 1. The van der Waals surface area contributed by atoms with Crippen LogP contribution in [0.5, 0.6) is 17.4 Å². The molecule has 0 fully saturated rings. The molecule has 168 valence electrons. The molecule has 3 heterocycles. The van der Waals surface area contributed by atoms with Gasteiger partial charge in [-0.2, -0.15) is 10.1 Å². The number of benzene rings is 1. The van der Waals surface area contributed by atoms with Gasteiger partial charge < -0.3 is 24.9 Å². The average molecular weight is 441 g/mol. The number of hydrogen-bond donors (Lipinski definition) is 2. The first-order valence-corrected chi connectivity index (χ1v) is 10.2. The number of nitrogens with one attached hydrogen (secondary N) is 1. The van der Waals surface area contributed by atoms with Crippen molar-refractivity contribution in [3.63, 3.8) is 0 Å². The minimum absolute atomic E-state index is 0.0393. The number of carbonyl (C=O) groups is 1. The average Bonchev–Trinajstić information content (AvgIpc) is 3.29. The Morgan fingerprint density at radius 1 is 1.31 bits per heavy atom. The van der Waals surface area contributed by atoms with E-state index in [1.54, 1.807) is 31.3 Å². The summed E-state index contributed by atoms with van der Waals surface area (Å²) in [6.07, 6.45) is 2.52. The molecule has 0 saturated carbocycles.